The predicted molar refractivity (Wildman–Crippen MR) is 97.3 cm³/mol. The van der Waals surface area contributed by atoms with Crippen LogP contribution in [0.15, 0.2) is 40.7 Å². The van der Waals surface area contributed by atoms with Crippen molar-refractivity contribution in [3.05, 3.63) is 41.3 Å². The molecular formula is C19H25NOS. The Balaban J connectivity index is 1.84. The van der Waals surface area contributed by atoms with E-state index in [1.54, 1.807) is 23.6 Å². The summed E-state index contributed by atoms with van der Waals surface area (Å²) in [6.07, 6.45) is 9.46. The Morgan fingerprint density at radius 2 is 1.91 bits per heavy atom. The summed E-state index contributed by atoms with van der Waals surface area (Å²) in [6.45, 7) is 3.08. The monoisotopic (exact) mass is 315 g/mol. The molecule has 3 heteroatoms. The van der Waals surface area contributed by atoms with E-state index in [-0.39, 0.29) is 0 Å². The van der Waals surface area contributed by atoms with Gasteiger partial charge in [-0.15, -0.1) is 11.3 Å². The second kappa shape index (κ2) is 9.42. The lowest BCUT2D eigenvalue weighted by atomic mass is 10.1. The molecule has 0 aliphatic carbocycles. The first-order valence-corrected chi connectivity index (χ1v) is 9.06. The van der Waals surface area contributed by atoms with Crippen LogP contribution in [0.1, 0.15) is 51.0 Å². The van der Waals surface area contributed by atoms with E-state index in [0.29, 0.717) is 5.75 Å². The van der Waals surface area contributed by atoms with Gasteiger partial charge in [0.1, 0.15) is 5.75 Å². The third-order valence-electron chi connectivity index (χ3n) is 3.70. The van der Waals surface area contributed by atoms with Crippen molar-refractivity contribution in [1.82, 2.24) is 0 Å². The Kier molecular flexibility index (Phi) is 7.17. The molecule has 0 spiro atoms. The molecule has 0 aliphatic heterocycles. The molecule has 2 rings (SSSR count). The highest BCUT2D eigenvalue weighted by atomic mass is 32.1. The number of nitrogens with zero attached hydrogens (tertiary/aromatic N) is 1. The summed E-state index contributed by atoms with van der Waals surface area (Å²) >= 11 is 1.71. The zero-order valence-electron chi connectivity index (χ0n) is 13.3. The average Bonchev–Trinajstić information content (AvgIpc) is 3.06. The van der Waals surface area contributed by atoms with Gasteiger partial charge in [-0.05, 0) is 41.6 Å². The fourth-order valence-corrected chi connectivity index (χ4v) is 3.12. The summed E-state index contributed by atoms with van der Waals surface area (Å²) in [5.74, 6) is 0.298. The first-order valence-electron chi connectivity index (χ1n) is 8.18. The third kappa shape index (κ3) is 5.30. The molecule has 0 amide bonds. The van der Waals surface area contributed by atoms with Gasteiger partial charge >= 0.3 is 0 Å². The molecule has 1 aromatic heterocycles. The molecule has 0 unspecified atom stereocenters. The van der Waals surface area contributed by atoms with E-state index in [4.69, 9.17) is 0 Å². The van der Waals surface area contributed by atoms with Crippen molar-refractivity contribution < 1.29 is 5.11 Å². The summed E-state index contributed by atoms with van der Waals surface area (Å²) in [4.78, 5) is 5.67. The molecule has 22 heavy (non-hydrogen) atoms. The Hall–Kier alpha value is -1.61. The largest absolute Gasteiger partial charge is 0.507 e. The van der Waals surface area contributed by atoms with Gasteiger partial charge in [-0.2, -0.15) is 0 Å². The van der Waals surface area contributed by atoms with Crippen LogP contribution in [0.25, 0.3) is 10.4 Å². The molecule has 0 atom stereocenters. The second-order valence-electron chi connectivity index (χ2n) is 5.55. The number of aliphatic imine (C=N–C) groups is 1. The quantitative estimate of drug-likeness (QED) is 0.453. The van der Waals surface area contributed by atoms with E-state index in [1.165, 1.54) is 37.0 Å². The van der Waals surface area contributed by atoms with Crippen LogP contribution in [0.2, 0.25) is 0 Å². The highest BCUT2D eigenvalue weighted by Gasteiger charge is 2.03. The van der Waals surface area contributed by atoms with E-state index < -0.39 is 0 Å². The molecule has 118 valence electrons. The number of hydrogen-bond donors (Lipinski definition) is 1. The molecular weight excluding hydrogens is 290 g/mol. The van der Waals surface area contributed by atoms with Gasteiger partial charge in [0.25, 0.3) is 0 Å². The van der Waals surface area contributed by atoms with Crippen LogP contribution < -0.4 is 0 Å². The number of hydrogen-bond acceptors (Lipinski definition) is 3. The number of phenols is 1. The number of phenolic OH excluding ortho intramolecular Hbond substituents is 1. The van der Waals surface area contributed by atoms with E-state index in [0.717, 1.165) is 24.1 Å². The van der Waals surface area contributed by atoms with Crippen LogP contribution in [-0.4, -0.2) is 17.9 Å². The number of aromatic hydroxyl groups is 1. The van der Waals surface area contributed by atoms with Crippen LogP contribution in [0.4, 0.5) is 0 Å². The SMILES string of the molecule is CCCCCCCCN=Cc1cc(-c2cccs2)ccc1O. The first-order chi connectivity index (χ1) is 10.8. The lowest BCUT2D eigenvalue weighted by molar-refractivity contribution is 0.474. The Bertz CT molecular complexity index is 575. The smallest absolute Gasteiger partial charge is 0.124 e. The average molecular weight is 315 g/mol. The standard InChI is InChI=1S/C19H25NOS/c1-2-3-4-5-6-7-12-20-15-17-14-16(10-11-18(17)21)19-9-8-13-22-19/h8-11,13-15,21H,2-7,12H2,1H3. The van der Waals surface area contributed by atoms with Gasteiger partial charge in [0, 0.05) is 23.2 Å². The molecule has 0 saturated heterocycles. The fraction of sp³-hybridized carbons (Fsp3) is 0.421. The molecule has 0 radical (unpaired) electrons. The Morgan fingerprint density at radius 3 is 2.68 bits per heavy atom. The predicted octanol–water partition coefficient (Wildman–Crippen LogP) is 5.90. The molecule has 0 bridgehead atoms. The normalized spacial score (nSPS) is 11.3. The van der Waals surface area contributed by atoms with Crippen molar-refractivity contribution in [1.29, 1.82) is 0 Å². The van der Waals surface area contributed by atoms with Gasteiger partial charge in [0.15, 0.2) is 0 Å². The van der Waals surface area contributed by atoms with Gasteiger partial charge in [-0.3, -0.25) is 4.99 Å². The zero-order valence-corrected chi connectivity index (χ0v) is 14.1. The number of rotatable bonds is 9. The molecule has 1 heterocycles. The van der Waals surface area contributed by atoms with Gasteiger partial charge in [0.05, 0.1) is 0 Å². The molecule has 0 fully saturated rings. The van der Waals surface area contributed by atoms with Crippen LogP contribution >= 0.6 is 11.3 Å². The number of unbranched alkanes of at least 4 members (excludes halogenated alkanes) is 5. The Morgan fingerprint density at radius 1 is 1.09 bits per heavy atom. The van der Waals surface area contributed by atoms with Crippen molar-refractivity contribution in [3.63, 3.8) is 0 Å². The summed E-state index contributed by atoms with van der Waals surface area (Å²) < 4.78 is 0. The van der Waals surface area contributed by atoms with Crippen LogP contribution in [0.3, 0.4) is 0 Å². The molecule has 2 aromatic rings. The minimum atomic E-state index is 0.298. The van der Waals surface area contributed by atoms with Crippen molar-refractivity contribution in [3.8, 4) is 16.2 Å². The van der Waals surface area contributed by atoms with Gasteiger partial charge in [-0.1, -0.05) is 45.1 Å². The summed E-state index contributed by atoms with van der Waals surface area (Å²) in [5.41, 5.74) is 1.94. The summed E-state index contributed by atoms with van der Waals surface area (Å²) in [6, 6.07) is 9.84. The van der Waals surface area contributed by atoms with Crippen molar-refractivity contribution in [2.45, 2.75) is 45.4 Å². The molecule has 1 aromatic carbocycles. The summed E-state index contributed by atoms with van der Waals surface area (Å²) in [7, 11) is 0. The van der Waals surface area contributed by atoms with Gasteiger partial charge in [-0.25, -0.2) is 0 Å². The highest BCUT2D eigenvalue weighted by Crippen LogP contribution is 2.28. The van der Waals surface area contributed by atoms with Crippen molar-refractivity contribution in [2.24, 2.45) is 4.99 Å². The third-order valence-corrected chi connectivity index (χ3v) is 4.62. The van der Waals surface area contributed by atoms with Crippen LogP contribution in [-0.2, 0) is 0 Å². The second-order valence-corrected chi connectivity index (χ2v) is 6.50. The zero-order chi connectivity index (χ0) is 15.6. The summed E-state index contributed by atoms with van der Waals surface area (Å²) in [5, 5.41) is 12.0. The molecule has 2 nitrogen and oxygen atoms in total. The molecule has 0 saturated carbocycles. The van der Waals surface area contributed by atoms with Crippen molar-refractivity contribution in [2.75, 3.05) is 6.54 Å². The fourth-order valence-electron chi connectivity index (χ4n) is 2.40. The maximum Gasteiger partial charge on any atom is 0.124 e. The van der Waals surface area contributed by atoms with Crippen LogP contribution in [0.5, 0.6) is 5.75 Å². The first kappa shape index (κ1) is 16.8. The van der Waals surface area contributed by atoms with E-state index in [9.17, 15) is 5.11 Å². The van der Waals surface area contributed by atoms with E-state index >= 15 is 0 Å². The van der Waals surface area contributed by atoms with E-state index in [1.807, 2.05) is 18.2 Å². The van der Waals surface area contributed by atoms with Crippen LogP contribution in [0, 0.1) is 0 Å². The maximum atomic E-state index is 9.94. The lowest BCUT2D eigenvalue weighted by Gasteiger charge is -2.03. The van der Waals surface area contributed by atoms with E-state index in [2.05, 4.69) is 23.4 Å². The minimum Gasteiger partial charge on any atom is -0.507 e. The van der Waals surface area contributed by atoms with Crippen molar-refractivity contribution >= 4 is 17.6 Å². The molecule has 0 aliphatic rings. The minimum absolute atomic E-state index is 0.298. The maximum absolute atomic E-state index is 9.94. The Labute approximate surface area is 137 Å². The molecule has 1 N–H and O–H groups in total. The van der Waals surface area contributed by atoms with Gasteiger partial charge < -0.3 is 5.11 Å². The van der Waals surface area contributed by atoms with Gasteiger partial charge in [0.2, 0.25) is 0 Å². The topological polar surface area (TPSA) is 32.6 Å². The number of thiophene rings is 1. The lowest BCUT2D eigenvalue weighted by Crippen LogP contribution is -1.88. The highest BCUT2D eigenvalue weighted by molar-refractivity contribution is 7.13. The number of benzene rings is 1.